The third-order valence-corrected chi connectivity index (χ3v) is 6.60. The number of nitro groups is 1. The molecule has 170 valence electrons. The van der Waals surface area contributed by atoms with Crippen LogP contribution in [0.25, 0.3) is 0 Å². The minimum absolute atomic E-state index is 0.0263. The zero-order valence-electron chi connectivity index (χ0n) is 17.4. The molecule has 11 heteroatoms. The summed E-state index contributed by atoms with van der Waals surface area (Å²) < 4.78 is 27.3. The minimum Gasteiger partial charge on any atom is -0.271 e. The number of hydrazone groups is 1. The van der Waals surface area contributed by atoms with Crippen molar-refractivity contribution in [3.8, 4) is 0 Å². The second kappa shape index (κ2) is 10.2. The van der Waals surface area contributed by atoms with Crippen molar-refractivity contribution in [2.75, 3.05) is 10.8 Å². The minimum atomic E-state index is -4.20. The third kappa shape index (κ3) is 5.93. The van der Waals surface area contributed by atoms with E-state index in [0.29, 0.717) is 16.3 Å². The fourth-order valence-corrected chi connectivity index (χ4v) is 4.42. The molecule has 0 spiro atoms. The molecule has 0 aliphatic carbocycles. The Bertz CT molecular complexity index is 1300. The first-order chi connectivity index (χ1) is 15.7. The van der Waals surface area contributed by atoms with Gasteiger partial charge in [-0.25, -0.2) is 13.8 Å². The van der Waals surface area contributed by atoms with Crippen molar-refractivity contribution in [1.82, 2.24) is 5.43 Å². The molecule has 3 aromatic rings. The maximum Gasteiger partial charge on any atom is 0.271 e. The van der Waals surface area contributed by atoms with Crippen LogP contribution >= 0.6 is 11.6 Å². The highest BCUT2D eigenvalue weighted by Crippen LogP contribution is 2.26. The Balaban J connectivity index is 1.90. The summed E-state index contributed by atoms with van der Waals surface area (Å²) in [5.41, 5.74) is 3.19. The molecule has 3 rings (SSSR count). The summed E-state index contributed by atoms with van der Waals surface area (Å²) in [7, 11) is -4.20. The summed E-state index contributed by atoms with van der Waals surface area (Å²) in [6, 6.07) is 19.3. The molecule has 0 radical (unpaired) electrons. The van der Waals surface area contributed by atoms with E-state index in [-0.39, 0.29) is 16.3 Å². The Morgan fingerprint density at radius 1 is 1.06 bits per heavy atom. The van der Waals surface area contributed by atoms with Crippen LogP contribution in [-0.4, -0.2) is 31.5 Å². The molecule has 0 saturated heterocycles. The Hall–Kier alpha value is -3.76. The first-order valence-electron chi connectivity index (χ1n) is 9.60. The van der Waals surface area contributed by atoms with E-state index < -0.39 is 27.4 Å². The lowest BCUT2D eigenvalue weighted by Crippen LogP contribution is -2.39. The highest BCUT2D eigenvalue weighted by atomic mass is 35.5. The highest BCUT2D eigenvalue weighted by molar-refractivity contribution is 7.92. The average Bonchev–Trinajstić information content (AvgIpc) is 2.82. The van der Waals surface area contributed by atoms with Crippen LogP contribution in [0.15, 0.2) is 88.9 Å². The number of carbonyl (C=O) groups is 1. The molecule has 3 aromatic carbocycles. The fraction of sp³-hybridized carbons (Fsp3) is 0.0909. The van der Waals surface area contributed by atoms with Crippen LogP contribution < -0.4 is 9.73 Å². The van der Waals surface area contributed by atoms with Gasteiger partial charge in [0, 0.05) is 17.2 Å². The van der Waals surface area contributed by atoms with Crippen LogP contribution in [0.3, 0.4) is 0 Å². The van der Waals surface area contributed by atoms with Gasteiger partial charge < -0.3 is 0 Å². The van der Waals surface area contributed by atoms with E-state index in [2.05, 4.69) is 10.5 Å². The lowest BCUT2D eigenvalue weighted by Gasteiger charge is -2.23. The lowest BCUT2D eigenvalue weighted by molar-refractivity contribution is -0.384. The van der Waals surface area contributed by atoms with E-state index in [1.165, 1.54) is 30.3 Å². The normalized spacial score (nSPS) is 11.6. The predicted octanol–water partition coefficient (Wildman–Crippen LogP) is 3.98. The van der Waals surface area contributed by atoms with Gasteiger partial charge in [0.1, 0.15) is 6.54 Å². The summed E-state index contributed by atoms with van der Waals surface area (Å²) in [6.07, 6.45) is 0. The number of nitrogens with zero attached hydrogens (tertiary/aromatic N) is 3. The predicted molar refractivity (Wildman–Crippen MR) is 126 cm³/mol. The number of non-ortho nitro benzene ring substituents is 1. The zero-order valence-corrected chi connectivity index (χ0v) is 19.0. The van der Waals surface area contributed by atoms with Crippen molar-refractivity contribution in [2.24, 2.45) is 5.10 Å². The van der Waals surface area contributed by atoms with E-state index in [1.807, 2.05) is 0 Å². The van der Waals surface area contributed by atoms with E-state index in [0.717, 1.165) is 10.4 Å². The summed E-state index contributed by atoms with van der Waals surface area (Å²) in [5, 5.41) is 15.7. The molecule has 33 heavy (non-hydrogen) atoms. The highest BCUT2D eigenvalue weighted by Gasteiger charge is 2.28. The van der Waals surface area contributed by atoms with Crippen LogP contribution in [0, 0.1) is 10.1 Å². The molecule has 0 fully saturated rings. The number of sulfonamides is 1. The Labute approximate surface area is 195 Å². The zero-order chi connectivity index (χ0) is 24.0. The second-order valence-electron chi connectivity index (χ2n) is 6.84. The molecule has 0 unspecified atom stereocenters. The van der Waals surface area contributed by atoms with Gasteiger partial charge >= 0.3 is 0 Å². The second-order valence-corrected chi connectivity index (χ2v) is 9.14. The molecule has 1 N–H and O–H groups in total. The average molecular weight is 487 g/mol. The molecule has 0 aliphatic heterocycles. The fourth-order valence-electron chi connectivity index (χ4n) is 2.86. The maximum atomic E-state index is 13.3. The van der Waals surface area contributed by atoms with Gasteiger partial charge in [-0.1, -0.05) is 48.0 Å². The summed E-state index contributed by atoms with van der Waals surface area (Å²) >= 11 is 5.87. The summed E-state index contributed by atoms with van der Waals surface area (Å²) in [4.78, 5) is 23.1. The van der Waals surface area contributed by atoms with E-state index >= 15 is 0 Å². The van der Waals surface area contributed by atoms with Crippen LogP contribution in [0.4, 0.5) is 11.4 Å². The summed E-state index contributed by atoms with van der Waals surface area (Å²) in [5.74, 6) is -0.727. The van der Waals surface area contributed by atoms with Crippen molar-refractivity contribution in [1.29, 1.82) is 0 Å². The standard InChI is InChI=1S/C22H19ClN4O5S/c1-16(17-10-12-18(23)13-11-17)24-25-22(28)15-26(19-6-5-7-20(14-19)27(29)30)33(31,32)21-8-3-2-4-9-21/h2-14H,15H2,1H3,(H,25,28)/b24-16-. The Kier molecular flexibility index (Phi) is 7.41. The molecule has 0 atom stereocenters. The number of nitrogens with one attached hydrogen (secondary N) is 1. The first-order valence-corrected chi connectivity index (χ1v) is 11.4. The topological polar surface area (TPSA) is 122 Å². The van der Waals surface area contributed by atoms with Crippen LogP contribution in [0.2, 0.25) is 5.02 Å². The Morgan fingerprint density at radius 3 is 2.36 bits per heavy atom. The van der Waals surface area contributed by atoms with E-state index in [4.69, 9.17) is 11.6 Å². The number of halogens is 1. The van der Waals surface area contributed by atoms with Gasteiger partial charge in [-0.15, -0.1) is 0 Å². The van der Waals surface area contributed by atoms with Gasteiger partial charge in [0.2, 0.25) is 0 Å². The number of anilines is 1. The van der Waals surface area contributed by atoms with Crippen molar-refractivity contribution < 1.29 is 18.1 Å². The van der Waals surface area contributed by atoms with Gasteiger partial charge in [0.15, 0.2) is 0 Å². The van der Waals surface area contributed by atoms with Crippen molar-refractivity contribution in [2.45, 2.75) is 11.8 Å². The number of amides is 1. The smallest absolute Gasteiger partial charge is 0.271 e. The number of rotatable bonds is 8. The number of hydrogen-bond donors (Lipinski definition) is 1. The molecule has 9 nitrogen and oxygen atoms in total. The van der Waals surface area contributed by atoms with Crippen LogP contribution in [-0.2, 0) is 14.8 Å². The lowest BCUT2D eigenvalue weighted by atomic mass is 10.1. The summed E-state index contributed by atoms with van der Waals surface area (Å²) in [6.45, 7) is 1.03. The number of carbonyl (C=O) groups excluding carboxylic acids is 1. The van der Waals surface area contributed by atoms with Gasteiger partial charge in [0.05, 0.1) is 21.2 Å². The van der Waals surface area contributed by atoms with Gasteiger partial charge in [-0.05, 0) is 42.8 Å². The monoisotopic (exact) mass is 486 g/mol. The third-order valence-electron chi connectivity index (χ3n) is 4.56. The number of hydrogen-bond acceptors (Lipinski definition) is 6. The molecule has 0 saturated carbocycles. The Morgan fingerprint density at radius 2 is 1.73 bits per heavy atom. The maximum absolute atomic E-state index is 13.3. The van der Waals surface area contributed by atoms with Crippen molar-refractivity contribution >= 4 is 44.6 Å². The molecule has 0 aromatic heterocycles. The molecule has 0 bridgehead atoms. The molecule has 0 aliphatic rings. The molecule has 0 heterocycles. The largest absolute Gasteiger partial charge is 0.271 e. The molecule has 1 amide bonds. The SMILES string of the molecule is C/C(=N/NC(=O)CN(c1cccc([N+](=O)[O-])c1)S(=O)(=O)c1ccccc1)c1ccc(Cl)cc1. The molecular formula is C22H19ClN4O5S. The van der Waals surface area contributed by atoms with E-state index in [9.17, 15) is 23.3 Å². The van der Waals surface area contributed by atoms with Crippen molar-refractivity contribution in [3.05, 3.63) is 99.6 Å². The van der Waals surface area contributed by atoms with Gasteiger partial charge in [-0.2, -0.15) is 5.10 Å². The van der Waals surface area contributed by atoms with Gasteiger partial charge in [-0.3, -0.25) is 19.2 Å². The van der Waals surface area contributed by atoms with Crippen molar-refractivity contribution in [3.63, 3.8) is 0 Å². The first kappa shape index (κ1) is 23.9. The van der Waals surface area contributed by atoms with E-state index in [1.54, 1.807) is 49.4 Å². The quantitative estimate of drug-likeness (QED) is 0.293. The van der Waals surface area contributed by atoms with Crippen LogP contribution in [0.5, 0.6) is 0 Å². The number of benzene rings is 3. The van der Waals surface area contributed by atoms with Gasteiger partial charge in [0.25, 0.3) is 21.6 Å². The molecular weight excluding hydrogens is 468 g/mol. The number of nitro benzene ring substituents is 1. The van der Waals surface area contributed by atoms with Crippen LogP contribution in [0.1, 0.15) is 12.5 Å².